The Morgan fingerprint density at radius 1 is 0.492 bits per heavy atom. The minimum atomic E-state index is -0.0584. The number of aromatic nitrogens is 2. The van der Waals surface area contributed by atoms with Gasteiger partial charge in [0.1, 0.15) is 0 Å². The highest BCUT2D eigenvalue weighted by Gasteiger charge is 2.33. The molecule has 7 aromatic carbocycles. The Hall–Kier alpha value is -7.68. The lowest BCUT2D eigenvalue weighted by Gasteiger charge is -2.24. The summed E-state index contributed by atoms with van der Waals surface area (Å²) in [6.07, 6.45) is 23.1. The van der Waals surface area contributed by atoms with Crippen molar-refractivity contribution >= 4 is 27.8 Å². The lowest BCUT2D eigenvalue weighted by Crippen LogP contribution is -2.06. The van der Waals surface area contributed by atoms with Gasteiger partial charge in [-0.1, -0.05) is 213 Å². The average Bonchev–Trinajstić information content (AvgIpc) is 3.73. The molecule has 2 aromatic heterocycles. The first-order valence-corrected chi connectivity index (χ1v) is 22.2. The Morgan fingerprint density at radius 3 is 1.49 bits per heavy atom. The number of nitrogens with zero attached hydrogens (tertiary/aromatic N) is 2. The molecule has 0 N–H and O–H groups in total. The molecule has 63 heavy (non-hydrogen) atoms. The van der Waals surface area contributed by atoms with Crippen molar-refractivity contribution in [1.29, 1.82) is 0 Å². The van der Waals surface area contributed by atoms with Gasteiger partial charge in [-0.3, -0.25) is 0 Å². The molecule has 0 radical (unpaired) electrons. The minimum absolute atomic E-state index is 0.0584. The standard InChI is InChI=1S/C61H50N2/c1-3-5-13-38-51-42-50-43-52(39-40-53(50)62(51)41-4-2)63-60(48-34-14-6-7-15-35-48)58-56(46-30-20-10-21-31-46)54(44-26-16-8-17-27-44)55(45-28-18-9-19-29-45)57(47-32-22-11-23-33-47)59(58)61(63)49-36-24-12-25-37-49/h3,5-40,42-43,48H,4,41H2,1-2H3/b5-3-,38-13-. The molecule has 1 aliphatic carbocycles. The predicted octanol–water partition coefficient (Wildman–Crippen LogP) is 16.7. The Kier molecular flexibility index (Phi) is 11.1. The molecule has 2 nitrogen and oxygen atoms in total. The zero-order valence-electron chi connectivity index (χ0n) is 35.9. The Labute approximate surface area is 371 Å². The van der Waals surface area contributed by atoms with Gasteiger partial charge in [0.15, 0.2) is 0 Å². The Morgan fingerprint density at radius 2 is 0.984 bits per heavy atom. The summed E-state index contributed by atoms with van der Waals surface area (Å²) in [6, 6.07) is 64.9. The number of hydrogen-bond acceptors (Lipinski definition) is 0. The summed E-state index contributed by atoms with van der Waals surface area (Å²) in [4.78, 5) is 0. The minimum Gasteiger partial charge on any atom is -0.341 e. The van der Waals surface area contributed by atoms with E-state index in [1.54, 1.807) is 0 Å². The van der Waals surface area contributed by atoms with E-state index >= 15 is 0 Å². The van der Waals surface area contributed by atoms with Crippen LogP contribution in [0.15, 0.2) is 231 Å². The van der Waals surface area contributed by atoms with Gasteiger partial charge in [0, 0.05) is 56.8 Å². The summed E-state index contributed by atoms with van der Waals surface area (Å²) >= 11 is 0. The van der Waals surface area contributed by atoms with Crippen LogP contribution < -0.4 is 0 Å². The van der Waals surface area contributed by atoms with Crippen LogP contribution >= 0.6 is 0 Å². The van der Waals surface area contributed by atoms with Crippen molar-refractivity contribution in [3.63, 3.8) is 0 Å². The van der Waals surface area contributed by atoms with Gasteiger partial charge in [0.2, 0.25) is 0 Å². The molecular weight excluding hydrogens is 761 g/mol. The van der Waals surface area contributed by atoms with Crippen molar-refractivity contribution in [3.8, 4) is 61.5 Å². The molecule has 9 aromatic rings. The second kappa shape index (κ2) is 17.7. The molecule has 0 fully saturated rings. The third-order valence-electron chi connectivity index (χ3n) is 12.2. The van der Waals surface area contributed by atoms with Gasteiger partial charge in [-0.2, -0.15) is 0 Å². The average molecular weight is 811 g/mol. The Bertz CT molecular complexity index is 3180. The van der Waals surface area contributed by atoms with E-state index in [1.807, 2.05) is 0 Å². The van der Waals surface area contributed by atoms with Gasteiger partial charge < -0.3 is 9.13 Å². The maximum Gasteiger partial charge on any atom is 0.0617 e. The summed E-state index contributed by atoms with van der Waals surface area (Å²) in [7, 11) is 0. The summed E-state index contributed by atoms with van der Waals surface area (Å²) in [5.41, 5.74) is 16.8. The van der Waals surface area contributed by atoms with Crippen LogP contribution in [-0.4, -0.2) is 9.13 Å². The summed E-state index contributed by atoms with van der Waals surface area (Å²) < 4.78 is 5.07. The monoisotopic (exact) mass is 810 g/mol. The van der Waals surface area contributed by atoms with Gasteiger partial charge in [0.25, 0.3) is 0 Å². The third kappa shape index (κ3) is 7.34. The van der Waals surface area contributed by atoms with Crippen LogP contribution in [0.3, 0.4) is 0 Å². The predicted molar refractivity (Wildman–Crippen MR) is 270 cm³/mol. The molecule has 0 saturated carbocycles. The van der Waals surface area contributed by atoms with Crippen molar-refractivity contribution in [2.45, 2.75) is 32.7 Å². The third-order valence-corrected chi connectivity index (χ3v) is 12.2. The molecule has 10 rings (SSSR count). The molecule has 0 saturated heterocycles. The van der Waals surface area contributed by atoms with Gasteiger partial charge in [0.05, 0.1) is 5.69 Å². The first-order valence-electron chi connectivity index (χ1n) is 22.2. The first-order chi connectivity index (χ1) is 31.2. The van der Waals surface area contributed by atoms with E-state index in [2.05, 4.69) is 260 Å². The second-order valence-corrected chi connectivity index (χ2v) is 16.2. The normalized spacial score (nSPS) is 13.0. The fourth-order valence-corrected chi connectivity index (χ4v) is 9.65. The van der Waals surface area contributed by atoms with Crippen molar-refractivity contribution in [2.24, 2.45) is 0 Å². The molecule has 0 unspecified atom stereocenters. The number of fused-ring (bicyclic) bond motifs is 2. The SMILES string of the molecule is C/C=C\C=C/c1cc2cc(-n3c(-c4ccccc4)c4c(-c5ccccc5)c(-c5ccccc5)c(-c5ccccc5)c(-c5ccccc5)c4c3C3C=CC=CC=C3)ccc2n1CCC. The maximum absolute atomic E-state index is 2.61. The lowest BCUT2D eigenvalue weighted by molar-refractivity contribution is 0.698. The zero-order chi connectivity index (χ0) is 42.5. The van der Waals surface area contributed by atoms with Crippen LogP contribution in [0.2, 0.25) is 0 Å². The quantitative estimate of drug-likeness (QED) is 0.115. The van der Waals surface area contributed by atoms with Crippen molar-refractivity contribution in [3.05, 3.63) is 242 Å². The van der Waals surface area contributed by atoms with Gasteiger partial charge in [-0.15, -0.1) is 0 Å². The molecule has 1 aliphatic rings. The molecule has 0 atom stereocenters. The lowest BCUT2D eigenvalue weighted by atomic mass is 9.78. The molecule has 304 valence electrons. The van der Waals surface area contributed by atoms with Crippen LogP contribution in [0.25, 0.3) is 89.2 Å². The second-order valence-electron chi connectivity index (χ2n) is 16.2. The van der Waals surface area contributed by atoms with Crippen molar-refractivity contribution in [2.75, 3.05) is 0 Å². The zero-order valence-corrected chi connectivity index (χ0v) is 35.9. The highest BCUT2D eigenvalue weighted by molar-refractivity contribution is 6.23. The fourth-order valence-electron chi connectivity index (χ4n) is 9.65. The van der Waals surface area contributed by atoms with Crippen LogP contribution in [0.5, 0.6) is 0 Å². The molecule has 0 amide bonds. The van der Waals surface area contributed by atoms with E-state index in [0.29, 0.717) is 0 Å². The van der Waals surface area contributed by atoms with Crippen LogP contribution in [0.4, 0.5) is 0 Å². The fraction of sp³-hybridized carbons (Fsp3) is 0.0820. The number of aryl methyl sites for hydroxylation is 1. The van der Waals surface area contributed by atoms with Gasteiger partial charge in [-0.05, 0) is 88.2 Å². The smallest absolute Gasteiger partial charge is 0.0617 e. The van der Waals surface area contributed by atoms with Gasteiger partial charge >= 0.3 is 0 Å². The van der Waals surface area contributed by atoms with E-state index in [1.165, 1.54) is 83.3 Å². The van der Waals surface area contributed by atoms with Crippen LogP contribution in [0, 0.1) is 0 Å². The topological polar surface area (TPSA) is 9.86 Å². The highest BCUT2D eigenvalue weighted by atomic mass is 15.0. The molecule has 0 spiro atoms. The van der Waals surface area contributed by atoms with Gasteiger partial charge in [-0.25, -0.2) is 0 Å². The van der Waals surface area contributed by atoms with Crippen LogP contribution in [-0.2, 0) is 6.54 Å². The largest absolute Gasteiger partial charge is 0.341 e. The number of hydrogen-bond donors (Lipinski definition) is 0. The molecular formula is C61H50N2. The molecule has 0 aliphatic heterocycles. The maximum atomic E-state index is 2.61. The molecule has 0 bridgehead atoms. The summed E-state index contributed by atoms with van der Waals surface area (Å²) in [5.74, 6) is -0.0584. The van der Waals surface area contributed by atoms with Crippen molar-refractivity contribution < 1.29 is 0 Å². The van der Waals surface area contributed by atoms with E-state index in [-0.39, 0.29) is 5.92 Å². The Balaban J connectivity index is 1.49. The highest BCUT2D eigenvalue weighted by Crippen LogP contribution is 2.56. The van der Waals surface area contributed by atoms with E-state index in [9.17, 15) is 0 Å². The number of allylic oxidation sites excluding steroid dienone is 9. The number of benzene rings is 7. The molecule has 2 heterocycles. The van der Waals surface area contributed by atoms with E-state index < -0.39 is 0 Å². The first kappa shape index (κ1) is 39.5. The number of rotatable bonds is 11. The van der Waals surface area contributed by atoms with Crippen molar-refractivity contribution in [1.82, 2.24) is 9.13 Å². The summed E-state index contributed by atoms with van der Waals surface area (Å²) in [5, 5.41) is 3.70. The van der Waals surface area contributed by atoms with E-state index in [4.69, 9.17) is 0 Å². The molecule has 2 heteroatoms. The van der Waals surface area contributed by atoms with E-state index in [0.717, 1.165) is 24.2 Å². The van der Waals surface area contributed by atoms with Crippen LogP contribution in [0.1, 0.15) is 37.6 Å². The summed E-state index contributed by atoms with van der Waals surface area (Å²) in [6.45, 7) is 5.27.